The van der Waals surface area contributed by atoms with Gasteiger partial charge < -0.3 is 10.2 Å². The molecule has 27 heavy (non-hydrogen) atoms. The fourth-order valence-corrected chi connectivity index (χ4v) is 5.57. The Hall–Kier alpha value is -1.97. The van der Waals surface area contributed by atoms with Crippen LogP contribution in [0.4, 0.5) is 0 Å². The average molecular weight is 396 g/mol. The van der Waals surface area contributed by atoms with E-state index in [1.165, 1.54) is 14.7 Å². The molecule has 0 spiro atoms. The van der Waals surface area contributed by atoms with Gasteiger partial charge >= 0.3 is 11.9 Å². The molecule has 0 amide bonds. The summed E-state index contributed by atoms with van der Waals surface area (Å²) in [6.45, 7) is 1.17. The summed E-state index contributed by atoms with van der Waals surface area (Å²) < 4.78 is 28.8. The van der Waals surface area contributed by atoms with E-state index in [2.05, 4.69) is 0 Å². The molecule has 0 aliphatic carbocycles. The quantitative estimate of drug-likeness (QED) is 0.781. The zero-order valence-electron chi connectivity index (χ0n) is 15.0. The molecular weight excluding hydrogens is 372 g/mol. The van der Waals surface area contributed by atoms with Crippen molar-refractivity contribution in [3.8, 4) is 0 Å². The maximum Gasteiger partial charge on any atom is 0.335 e. The predicted octanol–water partition coefficient (Wildman–Crippen LogP) is 1.61. The smallest absolute Gasteiger partial charge is 0.335 e. The maximum atomic E-state index is 13.0. The lowest BCUT2D eigenvalue weighted by atomic mass is 9.91. The summed E-state index contributed by atoms with van der Waals surface area (Å²) in [6.07, 6.45) is 2.15. The molecule has 1 atom stereocenters. The Kier molecular flexibility index (Phi) is 5.83. The summed E-state index contributed by atoms with van der Waals surface area (Å²) in [4.78, 5) is 22.3. The fraction of sp³-hybridized carbons (Fsp3) is 0.556. The van der Waals surface area contributed by atoms with Gasteiger partial charge in [-0.3, -0.25) is 4.79 Å². The first-order valence-electron chi connectivity index (χ1n) is 9.10. The van der Waals surface area contributed by atoms with Crippen LogP contribution in [0, 0.1) is 5.92 Å². The highest BCUT2D eigenvalue weighted by Crippen LogP contribution is 2.31. The van der Waals surface area contributed by atoms with E-state index in [0.29, 0.717) is 32.4 Å². The molecule has 2 aliphatic heterocycles. The van der Waals surface area contributed by atoms with E-state index >= 15 is 0 Å². The van der Waals surface area contributed by atoms with Crippen LogP contribution in [0.25, 0.3) is 0 Å². The second-order valence-corrected chi connectivity index (χ2v) is 9.08. The molecular formula is C18H24N2O6S. The third-order valence-corrected chi connectivity index (χ3v) is 7.45. The van der Waals surface area contributed by atoms with Gasteiger partial charge in [-0.2, -0.15) is 17.0 Å². The number of carbonyl (C=O) groups is 2. The molecule has 9 heteroatoms. The zero-order chi connectivity index (χ0) is 19.6. The second-order valence-electron chi connectivity index (χ2n) is 7.15. The first kappa shape index (κ1) is 19.8. The van der Waals surface area contributed by atoms with Crippen LogP contribution in [-0.4, -0.2) is 65.4 Å². The number of nitrogens with zero attached hydrogens (tertiary/aromatic N) is 2. The van der Waals surface area contributed by atoms with Gasteiger partial charge in [0.1, 0.15) is 0 Å². The molecule has 0 unspecified atom stereocenters. The molecule has 1 aromatic rings. The van der Waals surface area contributed by atoms with Crippen molar-refractivity contribution >= 4 is 22.1 Å². The van der Waals surface area contributed by atoms with Crippen LogP contribution in [0.1, 0.15) is 47.5 Å². The Balaban J connectivity index is 1.71. The third kappa shape index (κ3) is 4.31. The van der Waals surface area contributed by atoms with Crippen molar-refractivity contribution in [2.45, 2.75) is 31.6 Å². The predicted molar refractivity (Wildman–Crippen MR) is 97.8 cm³/mol. The summed E-state index contributed by atoms with van der Waals surface area (Å²) >= 11 is 0. The van der Waals surface area contributed by atoms with E-state index in [9.17, 15) is 18.0 Å². The summed E-state index contributed by atoms with van der Waals surface area (Å²) in [5.74, 6) is -2.41. The minimum Gasteiger partial charge on any atom is -0.481 e. The van der Waals surface area contributed by atoms with Crippen LogP contribution in [0.3, 0.4) is 0 Å². The lowest BCUT2D eigenvalue weighted by molar-refractivity contribution is -0.142. The highest BCUT2D eigenvalue weighted by atomic mass is 32.2. The van der Waals surface area contributed by atoms with E-state index in [4.69, 9.17) is 10.2 Å². The van der Waals surface area contributed by atoms with Crippen molar-refractivity contribution in [1.82, 2.24) is 8.61 Å². The summed E-state index contributed by atoms with van der Waals surface area (Å²) in [5, 5.41) is 18.2. The molecule has 0 saturated carbocycles. The number of benzene rings is 1. The monoisotopic (exact) mass is 396 g/mol. The van der Waals surface area contributed by atoms with Crippen molar-refractivity contribution in [3.63, 3.8) is 0 Å². The molecule has 2 saturated heterocycles. The SMILES string of the molecule is O=C(O)c1cccc([C@H]2CCCN(S(=O)(=O)N3CCC(C(=O)O)CC3)C2)c1. The standard InChI is InChI=1S/C18H24N2O6S/c21-17(22)13-6-9-19(10-7-13)27(25,26)20-8-2-5-16(12-20)14-3-1-4-15(11-14)18(23)24/h1,3-4,11,13,16H,2,5-10,12H2,(H,21,22)(H,23,24)/t16-/m0/s1. The van der Waals surface area contributed by atoms with Gasteiger partial charge in [-0.25, -0.2) is 4.79 Å². The van der Waals surface area contributed by atoms with Crippen molar-refractivity contribution < 1.29 is 28.2 Å². The molecule has 2 N–H and O–H groups in total. The average Bonchev–Trinajstić information content (AvgIpc) is 2.68. The molecule has 2 aliphatic rings. The van der Waals surface area contributed by atoms with Crippen molar-refractivity contribution in [2.24, 2.45) is 5.92 Å². The number of piperidine rings is 2. The van der Waals surface area contributed by atoms with Gasteiger partial charge in [0.05, 0.1) is 11.5 Å². The molecule has 3 rings (SSSR count). The van der Waals surface area contributed by atoms with Gasteiger partial charge in [-0.1, -0.05) is 12.1 Å². The van der Waals surface area contributed by atoms with Gasteiger partial charge in [-0.05, 0) is 49.3 Å². The summed E-state index contributed by atoms with van der Waals surface area (Å²) in [6, 6.07) is 6.66. The van der Waals surface area contributed by atoms with Gasteiger partial charge in [0.15, 0.2) is 0 Å². The van der Waals surface area contributed by atoms with Crippen LogP contribution in [0.2, 0.25) is 0 Å². The Labute approximate surface area is 158 Å². The van der Waals surface area contributed by atoms with Crippen LogP contribution in [0.15, 0.2) is 24.3 Å². The highest BCUT2D eigenvalue weighted by Gasteiger charge is 2.37. The number of hydrogen-bond donors (Lipinski definition) is 2. The summed E-state index contributed by atoms with van der Waals surface area (Å²) in [5.41, 5.74) is 1.03. The minimum atomic E-state index is -3.64. The molecule has 2 heterocycles. The Morgan fingerprint density at radius 3 is 2.33 bits per heavy atom. The van der Waals surface area contributed by atoms with Gasteiger partial charge in [0.25, 0.3) is 10.2 Å². The number of carboxylic acid groups (broad SMARTS) is 2. The van der Waals surface area contributed by atoms with Crippen LogP contribution >= 0.6 is 0 Å². The van der Waals surface area contributed by atoms with Crippen LogP contribution < -0.4 is 0 Å². The number of aliphatic carboxylic acids is 1. The molecule has 0 aromatic heterocycles. The second kappa shape index (κ2) is 7.95. The van der Waals surface area contributed by atoms with Crippen LogP contribution in [0.5, 0.6) is 0 Å². The third-order valence-electron chi connectivity index (χ3n) is 5.44. The first-order chi connectivity index (χ1) is 12.8. The first-order valence-corrected chi connectivity index (χ1v) is 10.5. The number of hydrogen-bond acceptors (Lipinski definition) is 4. The summed E-state index contributed by atoms with van der Waals surface area (Å²) in [7, 11) is -3.64. The Morgan fingerprint density at radius 1 is 1.00 bits per heavy atom. The van der Waals surface area contributed by atoms with E-state index < -0.39 is 28.1 Å². The molecule has 8 nitrogen and oxygen atoms in total. The maximum absolute atomic E-state index is 13.0. The normalized spacial score (nSPS) is 23.2. The topological polar surface area (TPSA) is 115 Å². The molecule has 0 radical (unpaired) electrons. The number of carboxylic acids is 2. The van der Waals surface area contributed by atoms with E-state index in [0.717, 1.165) is 12.0 Å². The van der Waals surface area contributed by atoms with Gasteiger partial charge in [-0.15, -0.1) is 0 Å². The Bertz CT molecular complexity index is 817. The van der Waals surface area contributed by atoms with Crippen molar-refractivity contribution in [1.29, 1.82) is 0 Å². The molecule has 0 bridgehead atoms. The zero-order valence-corrected chi connectivity index (χ0v) is 15.8. The van der Waals surface area contributed by atoms with Gasteiger partial charge in [0, 0.05) is 26.2 Å². The van der Waals surface area contributed by atoms with Crippen molar-refractivity contribution in [3.05, 3.63) is 35.4 Å². The minimum absolute atomic E-state index is 0.0515. The van der Waals surface area contributed by atoms with E-state index in [-0.39, 0.29) is 24.6 Å². The lowest BCUT2D eigenvalue weighted by Crippen LogP contribution is -2.50. The lowest BCUT2D eigenvalue weighted by Gasteiger charge is -2.37. The highest BCUT2D eigenvalue weighted by molar-refractivity contribution is 7.86. The molecule has 148 valence electrons. The number of rotatable bonds is 5. The molecule has 1 aromatic carbocycles. The Morgan fingerprint density at radius 2 is 1.70 bits per heavy atom. The number of aromatic carboxylic acids is 1. The largest absolute Gasteiger partial charge is 0.481 e. The van der Waals surface area contributed by atoms with Crippen LogP contribution in [-0.2, 0) is 15.0 Å². The van der Waals surface area contributed by atoms with Gasteiger partial charge in [0.2, 0.25) is 0 Å². The van der Waals surface area contributed by atoms with Crippen molar-refractivity contribution in [2.75, 3.05) is 26.2 Å². The van der Waals surface area contributed by atoms with E-state index in [1.807, 2.05) is 6.07 Å². The van der Waals surface area contributed by atoms with E-state index in [1.54, 1.807) is 12.1 Å². The fourth-order valence-electron chi connectivity index (χ4n) is 3.85. The molecule has 2 fully saturated rings.